The van der Waals surface area contributed by atoms with Gasteiger partial charge in [0.25, 0.3) is 0 Å². The molecule has 0 bridgehead atoms. The van der Waals surface area contributed by atoms with Gasteiger partial charge in [-0.25, -0.2) is 0 Å². The Kier molecular flexibility index (Phi) is 6.16. The van der Waals surface area contributed by atoms with E-state index >= 15 is 0 Å². The molecule has 0 aliphatic carbocycles. The van der Waals surface area contributed by atoms with E-state index in [0.29, 0.717) is 12.8 Å². The zero-order valence-corrected chi connectivity index (χ0v) is 10.0. The average molecular weight is 226 g/mol. The maximum absolute atomic E-state index is 11.7. The predicted molar refractivity (Wildman–Crippen MR) is 58.3 cm³/mol. The van der Waals surface area contributed by atoms with Crippen LogP contribution in [0.25, 0.3) is 0 Å². The number of nitrogens with zero attached hydrogens (tertiary/aromatic N) is 1. The lowest BCUT2D eigenvalue weighted by Gasteiger charge is -2.21. The number of ether oxygens (including phenoxy) is 1. The summed E-state index contributed by atoms with van der Waals surface area (Å²) in [6.45, 7) is 5.33. The lowest BCUT2D eigenvalue weighted by atomic mass is 9.83. The molecule has 0 aromatic rings. The Bertz CT molecular complexity index is 290. The molecule has 0 saturated heterocycles. The molecule has 0 spiro atoms. The van der Waals surface area contributed by atoms with Crippen molar-refractivity contribution in [2.24, 2.45) is 5.41 Å². The topological polar surface area (TPSA) is 79.2 Å². The van der Waals surface area contributed by atoms with E-state index in [4.69, 9.17) is 5.26 Å². The molecule has 0 heterocycles. The van der Waals surface area contributed by atoms with E-state index < -0.39 is 17.3 Å². The molecular formula is C11H18N2O3. The molecule has 0 aromatic carbocycles. The summed E-state index contributed by atoms with van der Waals surface area (Å²) in [6, 6.07) is 2.01. The van der Waals surface area contributed by atoms with E-state index in [0.717, 1.165) is 0 Å². The second kappa shape index (κ2) is 6.83. The minimum absolute atomic E-state index is 0.184. The summed E-state index contributed by atoms with van der Waals surface area (Å²) in [7, 11) is 0. The summed E-state index contributed by atoms with van der Waals surface area (Å²) in [5, 5.41) is 11.4. The molecule has 0 atom stereocenters. The largest absolute Gasteiger partial charge is 0.465 e. The Hall–Kier alpha value is -1.57. The smallest absolute Gasteiger partial charge is 0.325 e. The van der Waals surface area contributed by atoms with Crippen LogP contribution in [0.3, 0.4) is 0 Å². The third kappa shape index (κ3) is 3.54. The Balaban J connectivity index is 4.35. The van der Waals surface area contributed by atoms with Gasteiger partial charge in [-0.1, -0.05) is 13.8 Å². The Labute approximate surface area is 95.8 Å². The molecule has 0 aliphatic heterocycles. The van der Waals surface area contributed by atoms with Crippen molar-refractivity contribution in [1.29, 1.82) is 5.26 Å². The fourth-order valence-corrected chi connectivity index (χ4v) is 1.31. The van der Waals surface area contributed by atoms with Gasteiger partial charge < -0.3 is 10.1 Å². The van der Waals surface area contributed by atoms with Crippen LogP contribution in [-0.2, 0) is 14.3 Å². The van der Waals surface area contributed by atoms with E-state index in [1.54, 1.807) is 20.8 Å². The predicted octanol–water partition coefficient (Wildman–Crippen LogP) is 0.996. The molecule has 1 amide bonds. The van der Waals surface area contributed by atoms with E-state index in [-0.39, 0.29) is 13.2 Å². The van der Waals surface area contributed by atoms with Crippen molar-refractivity contribution in [3.05, 3.63) is 0 Å². The molecule has 0 rings (SSSR count). The van der Waals surface area contributed by atoms with Crippen molar-refractivity contribution < 1.29 is 14.3 Å². The number of amides is 1. The van der Waals surface area contributed by atoms with Crippen molar-refractivity contribution in [3.63, 3.8) is 0 Å². The van der Waals surface area contributed by atoms with Crippen LogP contribution in [-0.4, -0.2) is 25.0 Å². The third-order valence-corrected chi connectivity index (χ3v) is 2.55. The summed E-state index contributed by atoms with van der Waals surface area (Å²) in [6.07, 6.45) is 0.851. The first-order valence-corrected chi connectivity index (χ1v) is 5.41. The monoisotopic (exact) mass is 226 g/mol. The van der Waals surface area contributed by atoms with Crippen molar-refractivity contribution in [1.82, 2.24) is 5.32 Å². The number of hydrogen-bond donors (Lipinski definition) is 1. The standard InChI is InChI=1S/C11H18N2O3/c1-4-11(5-2,8-12)10(15)13-7-9(14)16-6-3/h4-7H2,1-3H3,(H,13,15). The SMILES string of the molecule is CCOC(=O)CNC(=O)C(C#N)(CC)CC. The van der Waals surface area contributed by atoms with E-state index in [9.17, 15) is 9.59 Å². The van der Waals surface area contributed by atoms with Crippen LogP contribution < -0.4 is 5.32 Å². The van der Waals surface area contributed by atoms with Gasteiger partial charge in [-0.15, -0.1) is 0 Å². The molecular weight excluding hydrogens is 208 g/mol. The first-order chi connectivity index (χ1) is 7.56. The van der Waals surface area contributed by atoms with Crippen LogP contribution in [0.2, 0.25) is 0 Å². The first kappa shape index (κ1) is 14.4. The van der Waals surface area contributed by atoms with E-state index in [2.05, 4.69) is 10.1 Å². The molecule has 90 valence electrons. The van der Waals surface area contributed by atoms with Crippen molar-refractivity contribution in [2.45, 2.75) is 33.6 Å². The van der Waals surface area contributed by atoms with E-state index in [1.807, 2.05) is 6.07 Å². The van der Waals surface area contributed by atoms with Crippen LogP contribution in [0.4, 0.5) is 0 Å². The molecule has 5 heteroatoms. The number of nitrogens with one attached hydrogen (secondary N) is 1. The quantitative estimate of drug-likeness (QED) is 0.685. The molecule has 16 heavy (non-hydrogen) atoms. The summed E-state index contributed by atoms with van der Waals surface area (Å²) >= 11 is 0. The van der Waals surface area contributed by atoms with Gasteiger partial charge >= 0.3 is 5.97 Å². The number of carbonyl (C=O) groups is 2. The summed E-state index contributed by atoms with van der Waals surface area (Å²) in [5.41, 5.74) is -1.04. The second-order valence-electron chi connectivity index (χ2n) is 3.39. The highest BCUT2D eigenvalue weighted by Gasteiger charge is 2.34. The number of hydrogen-bond acceptors (Lipinski definition) is 4. The van der Waals surface area contributed by atoms with Crippen molar-refractivity contribution in [3.8, 4) is 6.07 Å². The highest BCUT2D eigenvalue weighted by molar-refractivity contribution is 5.88. The molecule has 0 radical (unpaired) electrons. The van der Waals surface area contributed by atoms with Gasteiger partial charge in [-0.2, -0.15) is 5.26 Å². The molecule has 1 N–H and O–H groups in total. The van der Waals surface area contributed by atoms with Crippen molar-refractivity contribution >= 4 is 11.9 Å². The number of nitriles is 1. The maximum atomic E-state index is 11.7. The molecule has 0 aliphatic rings. The first-order valence-electron chi connectivity index (χ1n) is 5.41. The number of esters is 1. The van der Waals surface area contributed by atoms with Gasteiger partial charge in [0.2, 0.25) is 5.91 Å². The minimum Gasteiger partial charge on any atom is -0.465 e. The Morgan fingerprint density at radius 1 is 1.31 bits per heavy atom. The second-order valence-corrected chi connectivity index (χ2v) is 3.39. The van der Waals surface area contributed by atoms with Gasteiger partial charge in [0.05, 0.1) is 12.7 Å². The zero-order chi connectivity index (χ0) is 12.6. The maximum Gasteiger partial charge on any atom is 0.325 e. The summed E-state index contributed by atoms with van der Waals surface area (Å²) < 4.78 is 4.67. The minimum atomic E-state index is -1.04. The highest BCUT2D eigenvalue weighted by Crippen LogP contribution is 2.25. The van der Waals surface area contributed by atoms with Crippen molar-refractivity contribution in [2.75, 3.05) is 13.2 Å². The van der Waals surface area contributed by atoms with Crippen LogP contribution in [0.15, 0.2) is 0 Å². The molecule has 0 aromatic heterocycles. The molecule has 0 fully saturated rings. The fourth-order valence-electron chi connectivity index (χ4n) is 1.31. The van der Waals surface area contributed by atoms with Crippen LogP contribution >= 0.6 is 0 Å². The average Bonchev–Trinajstić information content (AvgIpc) is 2.30. The Morgan fingerprint density at radius 2 is 1.88 bits per heavy atom. The molecule has 0 unspecified atom stereocenters. The van der Waals surface area contributed by atoms with E-state index in [1.165, 1.54) is 0 Å². The third-order valence-electron chi connectivity index (χ3n) is 2.55. The molecule has 5 nitrogen and oxygen atoms in total. The normalized spacial score (nSPS) is 10.4. The van der Waals surface area contributed by atoms with Crippen LogP contribution in [0, 0.1) is 16.7 Å². The lowest BCUT2D eigenvalue weighted by Crippen LogP contribution is -2.42. The zero-order valence-electron chi connectivity index (χ0n) is 10.0. The van der Waals surface area contributed by atoms with Gasteiger partial charge in [-0.05, 0) is 19.8 Å². The number of carbonyl (C=O) groups excluding carboxylic acids is 2. The Morgan fingerprint density at radius 3 is 2.25 bits per heavy atom. The number of rotatable bonds is 6. The van der Waals surface area contributed by atoms with Gasteiger partial charge in [0.1, 0.15) is 12.0 Å². The van der Waals surface area contributed by atoms with Gasteiger partial charge in [0.15, 0.2) is 0 Å². The summed E-state index contributed by atoms with van der Waals surface area (Å²) in [4.78, 5) is 22.7. The lowest BCUT2D eigenvalue weighted by molar-refractivity contribution is -0.144. The summed E-state index contributed by atoms with van der Waals surface area (Å²) in [5.74, 6) is -0.900. The van der Waals surface area contributed by atoms with Gasteiger partial charge in [-0.3, -0.25) is 9.59 Å². The fraction of sp³-hybridized carbons (Fsp3) is 0.727. The van der Waals surface area contributed by atoms with Crippen LogP contribution in [0.1, 0.15) is 33.6 Å². The highest BCUT2D eigenvalue weighted by atomic mass is 16.5. The molecule has 0 saturated carbocycles. The van der Waals surface area contributed by atoms with Crippen LogP contribution in [0.5, 0.6) is 0 Å². The van der Waals surface area contributed by atoms with Gasteiger partial charge in [0, 0.05) is 0 Å².